The summed E-state index contributed by atoms with van der Waals surface area (Å²) in [6, 6.07) is 0. The molecule has 0 N–H and O–H groups in total. The second-order valence-electron chi connectivity index (χ2n) is 2.13. The SMILES string of the molecule is BOC=CC=CCCCC. The second kappa shape index (κ2) is 8.34. The molecule has 0 atom stereocenters. The van der Waals surface area contributed by atoms with Gasteiger partial charge in [-0.3, -0.25) is 0 Å². The van der Waals surface area contributed by atoms with E-state index in [1.165, 1.54) is 19.3 Å². The Morgan fingerprint density at radius 2 is 2.20 bits per heavy atom. The summed E-state index contributed by atoms with van der Waals surface area (Å²) < 4.78 is 4.72. The van der Waals surface area contributed by atoms with Gasteiger partial charge in [-0.05, 0) is 12.5 Å². The van der Waals surface area contributed by atoms with E-state index in [4.69, 9.17) is 4.65 Å². The summed E-state index contributed by atoms with van der Waals surface area (Å²) in [6.07, 6.45) is 11.4. The first-order valence-electron chi connectivity index (χ1n) is 3.76. The Hall–Kier alpha value is -0.655. The van der Waals surface area contributed by atoms with Crippen LogP contribution in [0.25, 0.3) is 0 Å². The van der Waals surface area contributed by atoms with E-state index in [-0.39, 0.29) is 0 Å². The van der Waals surface area contributed by atoms with Crippen molar-refractivity contribution in [1.82, 2.24) is 0 Å². The molecular weight excluding hydrogens is 123 g/mol. The predicted octanol–water partition coefficient (Wildman–Crippen LogP) is 1.81. The van der Waals surface area contributed by atoms with Crippen molar-refractivity contribution in [3.8, 4) is 0 Å². The highest BCUT2D eigenvalue weighted by Gasteiger charge is 1.74. The van der Waals surface area contributed by atoms with Crippen molar-refractivity contribution in [1.29, 1.82) is 0 Å². The van der Waals surface area contributed by atoms with Gasteiger partial charge in [0, 0.05) is 0 Å². The van der Waals surface area contributed by atoms with Crippen LogP contribution in [0.3, 0.4) is 0 Å². The van der Waals surface area contributed by atoms with Gasteiger partial charge in [-0.15, -0.1) is 0 Å². The summed E-state index contributed by atoms with van der Waals surface area (Å²) in [5, 5.41) is 0. The Balaban J connectivity index is 3.11. The summed E-state index contributed by atoms with van der Waals surface area (Å²) in [4.78, 5) is 0. The lowest BCUT2D eigenvalue weighted by atomic mass is 10.2. The molecule has 0 rings (SSSR count). The third-order valence-corrected chi connectivity index (χ3v) is 1.19. The van der Waals surface area contributed by atoms with E-state index in [9.17, 15) is 0 Å². The first-order valence-corrected chi connectivity index (χ1v) is 3.76. The van der Waals surface area contributed by atoms with Crippen LogP contribution in [0, 0.1) is 0 Å². The number of allylic oxidation sites excluding steroid dienone is 3. The minimum Gasteiger partial charge on any atom is -0.573 e. The Bertz CT molecular complexity index is 108. The Morgan fingerprint density at radius 3 is 2.80 bits per heavy atom. The fraction of sp³-hybridized carbons (Fsp3) is 0.500. The van der Waals surface area contributed by atoms with Crippen LogP contribution in [0.1, 0.15) is 26.2 Å². The van der Waals surface area contributed by atoms with Gasteiger partial charge in [0.05, 0.1) is 6.26 Å². The van der Waals surface area contributed by atoms with Gasteiger partial charge in [-0.1, -0.05) is 31.9 Å². The monoisotopic (exact) mass is 138 g/mol. The van der Waals surface area contributed by atoms with E-state index in [0.717, 1.165) is 0 Å². The summed E-state index contributed by atoms with van der Waals surface area (Å²) in [5.74, 6) is 0. The standard InChI is InChI=1S/C8H15BO/c1-2-3-4-5-6-7-8-10-9/h5-8H,2-4,9H2,1H3. The number of rotatable bonds is 5. The maximum absolute atomic E-state index is 4.72. The quantitative estimate of drug-likeness (QED) is 0.243. The minimum atomic E-state index is 1.17. The fourth-order valence-corrected chi connectivity index (χ4v) is 0.621. The zero-order valence-electron chi connectivity index (χ0n) is 6.84. The predicted molar refractivity (Wildman–Crippen MR) is 47.4 cm³/mol. The van der Waals surface area contributed by atoms with Crippen molar-refractivity contribution in [2.45, 2.75) is 26.2 Å². The molecule has 1 nitrogen and oxygen atoms in total. The molecule has 0 aliphatic heterocycles. The van der Waals surface area contributed by atoms with Gasteiger partial charge in [-0.2, -0.15) is 0 Å². The third kappa shape index (κ3) is 7.34. The van der Waals surface area contributed by atoms with Gasteiger partial charge in [0.2, 0.25) is 0 Å². The zero-order chi connectivity index (χ0) is 7.66. The van der Waals surface area contributed by atoms with Gasteiger partial charge in [0.1, 0.15) is 0 Å². The lowest BCUT2D eigenvalue weighted by Gasteiger charge is -1.86. The smallest absolute Gasteiger partial charge is 0.321 e. The number of unbranched alkanes of at least 4 members (excludes halogenated alkanes) is 2. The van der Waals surface area contributed by atoms with E-state index in [1.807, 2.05) is 12.2 Å². The van der Waals surface area contributed by atoms with Crippen molar-refractivity contribution in [2.24, 2.45) is 0 Å². The molecule has 0 aliphatic rings. The van der Waals surface area contributed by atoms with Crippen LogP contribution in [-0.4, -0.2) is 8.05 Å². The van der Waals surface area contributed by atoms with Gasteiger partial charge < -0.3 is 4.65 Å². The molecule has 0 fully saturated rings. The average molecular weight is 138 g/mol. The van der Waals surface area contributed by atoms with Crippen molar-refractivity contribution in [3.05, 3.63) is 24.5 Å². The second-order valence-corrected chi connectivity index (χ2v) is 2.13. The van der Waals surface area contributed by atoms with Gasteiger partial charge in [-0.25, -0.2) is 0 Å². The molecule has 0 amide bonds. The first kappa shape index (κ1) is 9.34. The zero-order valence-corrected chi connectivity index (χ0v) is 6.84. The molecule has 0 heterocycles. The van der Waals surface area contributed by atoms with E-state index < -0.39 is 0 Å². The van der Waals surface area contributed by atoms with Crippen LogP contribution in [0.5, 0.6) is 0 Å². The van der Waals surface area contributed by atoms with Crippen molar-refractivity contribution < 1.29 is 4.65 Å². The Kier molecular flexibility index (Phi) is 7.80. The molecule has 0 aromatic rings. The Morgan fingerprint density at radius 1 is 1.40 bits per heavy atom. The lowest BCUT2D eigenvalue weighted by molar-refractivity contribution is 0.535. The van der Waals surface area contributed by atoms with E-state index in [0.29, 0.717) is 0 Å². The van der Waals surface area contributed by atoms with Crippen molar-refractivity contribution in [3.63, 3.8) is 0 Å². The summed E-state index contributed by atoms with van der Waals surface area (Å²) in [7, 11) is 1.65. The van der Waals surface area contributed by atoms with E-state index >= 15 is 0 Å². The summed E-state index contributed by atoms with van der Waals surface area (Å²) in [5.41, 5.74) is 0. The summed E-state index contributed by atoms with van der Waals surface area (Å²) in [6.45, 7) is 2.19. The molecule has 56 valence electrons. The third-order valence-electron chi connectivity index (χ3n) is 1.19. The van der Waals surface area contributed by atoms with Crippen LogP contribution in [0.4, 0.5) is 0 Å². The maximum atomic E-state index is 4.72. The van der Waals surface area contributed by atoms with Crippen LogP contribution in [-0.2, 0) is 4.65 Å². The minimum absolute atomic E-state index is 1.17. The van der Waals surface area contributed by atoms with Crippen molar-refractivity contribution >= 4 is 8.05 Å². The molecule has 0 unspecified atom stereocenters. The van der Waals surface area contributed by atoms with Crippen LogP contribution in [0.15, 0.2) is 24.5 Å². The molecule has 10 heavy (non-hydrogen) atoms. The molecule has 2 heteroatoms. The maximum Gasteiger partial charge on any atom is 0.321 e. The van der Waals surface area contributed by atoms with Crippen LogP contribution >= 0.6 is 0 Å². The molecule has 0 aliphatic carbocycles. The van der Waals surface area contributed by atoms with Crippen molar-refractivity contribution in [2.75, 3.05) is 0 Å². The normalized spacial score (nSPS) is 11.3. The van der Waals surface area contributed by atoms with E-state index in [2.05, 4.69) is 13.0 Å². The van der Waals surface area contributed by atoms with E-state index in [1.54, 1.807) is 14.3 Å². The van der Waals surface area contributed by atoms with Gasteiger partial charge in [0.15, 0.2) is 0 Å². The lowest BCUT2D eigenvalue weighted by Crippen LogP contribution is -1.67. The Labute approximate surface area is 64.2 Å². The molecule has 0 saturated carbocycles. The first-order chi connectivity index (χ1) is 4.91. The largest absolute Gasteiger partial charge is 0.573 e. The number of hydrogen-bond acceptors (Lipinski definition) is 1. The molecule has 0 bridgehead atoms. The average Bonchev–Trinajstić information content (AvgIpc) is 1.97. The molecule has 0 radical (unpaired) electrons. The fourth-order valence-electron chi connectivity index (χ4n) is 0.621. The van der Waals surface area contributed by atoms with Gasteiger partial charge in [0.25, 0.3) is 0 Å². The van der Waals surface area contributed by atoms with Crippen LogP contribution in [0.2, 0.25) is 0 Å². The number of hydrogen-bond donors (Lipinski definition) is 0. The molecule has 0 aromatic heterocycles. The molecular formula is C8H15BO. The summed E-state index contributed by atoms with van der Waals surface area (Å²) >= 11 is 0. The topological polar surface area (TPSA) is 9.23 Å². The van der Waals surface area contributed by atoms with Crippen LogP contribution < -0.4 is 0 Å². The highest BCUT2D eigenvalue weighted by Crippen LogP contribution is 1.94. The molecule has 0 saturated heterocycles. The molecule has 0 aromatic carbocycles. The highest BCUT2D eigenvalue weighted by atomic mass is 16.4. The molecule has 0 spiro atoms. The van der Waals surface area contributed by atoms with Gasteiger partial charge >= 0.3 is 8.05 Å². The highest BCUT2D eigenvalue weighted by molar-refractivity contribution is 5.98.